The summed E-state index contributed by atoms with van der Waals surface area (Å²) in [6.07, 6.45) is 5.85. The van der Waals surface area contributed by atoms with Gasteiger partial charge in [0, 0.05) is 17.6 Å². The number of fused-ring (bicyclic) bond motifs is 1. The third kappa shape index (κ3) is 2.36. The Morgan fingerprint density at radius 3 is 3.00 bits per heavy atom. The first-order valence-electron chi connectivity index (χ1n) is 5.99. The molecule has 1 fully saturated rings. The van der Waals surface area contributed by atoms with Crippen LogP contribution in [0.1, 0.15) is 12.8 Å². The van der Waals surface area contributed by atoms with Crippen molar-refractivity contribution in [3.63, 3.8) is 0 Å². The fraction of sp³-hybridized carbons (Fsp3) is 0.385. The number of rotatable bonds is 2. The Bertz CT molecular complexity index is 509. The molecule has 1 saturated heterocycles. The van der Waals surface area contributed by atoms with Gasteiger partial charge in [-0.1, -0.05) is 0 Å². The molecule has 0 unspecified atom stereocenters. The number of hydrogen-bond donors (Lipinski definition) is 1. The summed E-state index contributed by atoms with van der Waals surface area (Å²) >= 11 is 0. The van der Waals surface area contributed by atoms with Crippen molar-refractivity contribution in [3.8, 4) is 5.75 Å². The maximum absolute atomic E-state index is 5.96. The molecule has 88 valence electrons. The molecule has 3 rings (SSSR count). The molecule has 0 spiro atoms. The van der Waals surface area contributed by atoms with Crippen LogP contribution < -0.4 is 10.1 Å². The highest BCUT2D eigenvalue weighted by molar-refractivity contribution is 5.78. The molecule has 4 nitrogen and oxygen atoms in total. The lowest BCUT2D eigenvalue weighted by molar-refractivity contribution is 0.162. The van der Waals surface area contributed by atoms with Crippen LogP contribution in [0.2, 0.25) is 0 Å². The Balaban J connectivity index is 1.80. The SMILES string of the molecule is c1ncc2ccc(OC3CCNCC3)cc2n1. The second-order valence-electron chi connectivity index (χ2n) is 4.31. The van der Waals surface area contributed by atoms with Gasteiger partial charge in [0.25, 0.3) is 0 Å². The minimum absolute atomic E-state index is 0.329. The van der Waals surface area contributed by atoms with E-state index in [4.69, 9.17) is 4.74 Å². The molecule has 17 heavy (non-hydrogen) atoms. The Morgan fingerprint density at radius 1 is 1.24 bits per heavy atom. The maximum atomic E-state index is 5.96. The fourth-order valence-electron chi connectivity index (χ4n) is 2.13. The van der Waals surface area contributed by atoms with Crippen LogP contribution in [-0.2, 0) is 0 Å². The molecule has 2 heterocycles. The zero-order chi connectivity index (χ0) is 11.5. The first-order valence-corrected chi connectivity index (χ1v) is 5.99. The van der Waals surface area contributed by atoms with Crippen molar-refractivity contribution in [2.75, 3.05) is 13.1 Å². The lowest BCUT2D eigenvalue weighted by Gasteiger charge is -2.23. The molecule has 1 aliphatic heterocycles. The molecule has 1 aromatic carbocycles. The fourth-order valence-corrected chi connectivity index (χ4v) is 2.13. The molecule has 1 N–H and O–H groups in total. The quantitative estimate of drug-likeness (QED) is 0.852. The summed E-state index contributed by atoms with van der Waals surface area (Å²) in [4.78, 5) is 8.23. The minimum Gasteiger partial charge on any atom is -0.490 e. The number of benzene rings is 1. The molecular formula is C13H15N3O. The molecule has 0 bridgehead atoms. The maximum Gasteiger partial charge on any atom is 0.121 e. The Hall–Kier alpha value is -1.68. The van der Waals surface area contributed by atoms with E-state index in [1.807, 2.05) is 24.4 Å². The first kappa shape index (κ1) is 10.5. The number of piperidine rings is 1. The van der Waals surface area contributed by atoms with Crippen molar-refractivity contribution in [1.29, 1.82) is 0 Å². The zero-order valence-corrected chi connectivity index (χ0v) is 9.60. The second-order valence-corrected chi connectivity index (χ2v) is 4.31. The number of hydrogen-bond acceptors (Lipinski definition) is 4. The molecule has 1 aromatic heterocycles. The number of aromatic nitrogens is 2. The van der Waals surface area contributed by atoms with Crippen molar-refractivity contribution in [3.05, 3.63) is 30.7 Å². The third-order valence-electron chi connectivity index (χ3n) is 3.07. The normalized spacial score (nSPS) is 17.2. The van der Waals surface area contributed by atoms with Gasteiger partial charge in [0.2, 0.25) is 0 Å². The molecule has 0 saturated carbocycles. The second kappa shape index (κ2) is 4.67. The summed E-state index contributed by atoms with van der Waals surface area (Å²) in [6, 6.07) is 5.98. The lowest BCUT2D eigenvalue weighted by atomic mass is 10.1. The first-order chi connectivity index (χ1) is 8.42. The van der Waals surface area contributed by atoms with Crippen LogP contribution in [-0.4, -0.2) is 29.2 Å². The highest BCUT2D eigenvalue weighted by atomic mass is 16.5. The van der Waals surface area contributed by atoms with E-state index in [-0.39, 0.29) is 0 Å². The standard InChI is InChI=1S/C13H15N3O/c1-2-12(17-11-3-5-14-6-4-11)7-13-10(1)8-15-9-16-13/h1-2,7-9,11,14H,3-6H2. The van der Waals surface area contributed by atoms with E-state index in [0.29, 0.717) is 6.10 Å². The summed E-state index contributed by atoms with van der Waals surface area (Å²) in [5.41, 5.74) is 0.937. The number of ether oxygens (including phenoxy) is 1. The molecule has 4 heteroatoms. The van der Waals surface area contributed by atoms with Crippen molar-refractivity contribution >= 4 is 10.9 Å². The van der Waals surface area contributed by atoms with Crippen LogP contribution in [0.25, 0.3) is 10.9 Å². The topological polar surface area (TPSA) is 47.0 Å². The van der Waals surface area contributed by atoms with Crippen molar-refractivity contribution in [1.82, 2.24) is 15.3 Å². The Kier molecular flexibility index (Phi) is 2.88. The molecule has 0 amide bonds. The lowest BCUT2D eigenvalue weighted by Crippen LogP contribution is -2.34. The van der Waals surface area contributed by atoms with Gasteiger partial charge in [-0.05, 0) is 38.1 Å². The van der Waals surface area contributed by atoms with E-state index in [2.05, 4.69) is 15.3 Å². The zero-order valence-electron chi connectivity index (χ0n) is 9.60. The van der Waals surface area contributed by atoms with Gasteiger partial charge < -0.3 is 10.1 Å². The van der Waals surface area contributed by atoms with E-state index < -0.39 is 0 Å². The van der Waals surface area contributed by atoms with E-state index in [0.717, 1.165) is 42.6 Å². The van der Waals surface area contributed by atoms with Crippen molar-refractivity contribution in [2.45, 2.75) is 18.9 Å². The highest BCUT2D eigenvalue weighted by Crippen LogP contribution is 2.21. The van der Waals surface area contributed by atoms with Crippen molar-refractivity contribution < 1.29 is 4.74 Å². The average molecular weight is 229 g/mol. The average Bonchev–Trinajstić information content (AvgIpc) is 2.40. The number of nitrogens with one attached hydrogen (secondary N) is 1. The van der Waals surface area contributed by atoms with Gasteiger partial charge in [-0.15, -0.1) is 0 Å². The van der Waals surface area contributed by atoms with E-state index >= 15 is 0 Å². The molecule has 0 atom stereocenters. The predicted octanol–water partition coefficient (Wildman–Crippen LogP) is 1.76. The van der Waals surface area contributed by atoms with Crippen LogP contribution in [0.5, 0.6) is 5.75 Å². The highest BCUT2D eigenvalue weighted by Gasteiger charge is 2.14. The van der Waals surface area contributed by atoms with Gasteiger partial charge in [0.15, 0.2) is 0 Å². The largest absolute Gasteiger partial charge is 0.490 e. The molecule has 2 aromatic rings. The van der Waals surface area contributed by atoms with Gasteiger partial charge >= 0.3 is 0 Å². The van der Waals surface area contributed by atoms with Crippen molar-refractivity contribution in [2.24, 2.45) is 0 Å². The number of nitrogens with zero attached hydrogens (tertiary/aromatic N) is 2. The minimum atomic E-state index is 0.329. The summed E-state index contributed by atoms with van der Waals surface area (Å²) in [7, 11) is 0. The predicted molar refractivity (Wildman–Crippen MR) is 66.1 cm³/mol. The van der Waals surface area contributed by atoms with Gasteiger partial charge in [-0.2, -0.15) is 0 Å². The monoisotopic (exact) mass is 229 g/mol. The summed E-state index contributed by atoms with van der Waals surface area (Å²) in [5.74, 6) is 0.906. The van der Waals surface area contributed by atoms with E-state index in [1.165, 1.54) is 0 Å². The van der Waals surface area contributed by atoms with Gasteiger partial charge in [0.1, 0.15) is 18.2 Å². The van der Waals surface area contributed by atoms with Gasteiger partial charge in [0.05, 0.1) is 5.52 Å². The summed E-state index contributed by atoms with van der Waals surface area (Å²) in [5, 5.41) is 4.38. The third-order valence-corrected chi connectivity index (χ3v) is 3.07. The molecular weight excluding hydrogens is 214 g/mol. The van der Waals surface area contributed by atoms with E-state index in [1.54, 1.807) is 6.33 Å². The molecule has 0 radical (unpaired) electrons. The van der Waals surface area contributed by atoms with Gasteiger partial charge in [-0.3, -0.25) is 0 Å². The summed E-state index contributed by atoms with van der Waals surface area (Å²) in [6.45, 7) is 2.08. The smallest absolute Gasteiger partial charge is 0.121 e. The van der Waals surface area contributed by atoms with Gasteiger partial charge in [-0.25, -0.2) is 9.97 Å². The van der Waals surface area contributed by atoms with Crippen LogP contribution in [0.3, 0.4) is 0 Å². The van der Waals surface area contributed by atoms with E-state index in [9.17, 15) is 0 Å². The molecule has 0 aliphatic carbocycles. The summed E-state index contributed by atoms with van der Waals surface area (Å²) < 4.78 is 5.96. The van der Waals surface area contributed by atoms with Crippen LogP contribution in [0.4, 0.5) is 0 Å². The Morgan fingerprint density at radius 2 is 2.12 bits per heavy atom. The van der Waals surface area contributed by atoms with Crippen LogP contribution in [0, 0.1) is 0 Å². The Labute approximate surface area is 100 Å². The van der Waals surface area contributed by atoms with Crippen LogP contribution in [0.15, 0.2) is 30.7 Å². The molecule has 1 aliphatic rings. The van der Waals surface area contributed by atoms with Crippen LogP contribution >= 0.6 is 0 Å².